The average molecular weight is 269 g/mol. The molecular formula is C17H23N3. The van der Waals surface area contributed by atoms with Gasteiger partial charge in [0.1, 0.15) is 0 Å². The van der Waals surface area contributed by atoms with Crippen molar-refractivity contribution in [2.45, 2.75) is 38.6 Å². The van der Waals surface area contributed by atoms with Gasteiger partial charge in [0.05, 0.1) is 17.4 Å². The molecule has 20 heavy (non-hydrogen) atoms. The van der Waals surface area contributed by atoms with Crippen molar-refractivity contribution in [2.24, 2.45) is 17.6 Å². The zero-order chi connectivity index (χ0) is 13.9. The van der Waals surface area contributed by atoms with Crippen LogP contribution in [0.4, 0.5) is 0 Å². The number of para-hydroxylation sites is 1. The third-order valence-electron chi connectivity index (χ3n) is 4.54. The Labute approximate surface area is 120 Å². The standard InChI is InChI=1S/C17H23N3/c1-13-7-9-14(10-8-13)17(18)16-11-12-20(19-16)15-5-3-2-4-6-15/h2-6,11-14,17H,7-10,18H2,1H3. The van der Waals surface area contributed by atoms with Gasteiger partial charge < -0.3 is 5.73 Å². The maximum absolute atomic E-state index is 6.43. The van der Waals surface area contributed by atoms with Gasteiger partial charge in [-0.25, -0.2) is 4.68 Å². The largest absolute Gasteiger partial charge is 0.322 e. The van der Waals surface area contributed by atoms with Crippen molar-refractivity contribution in [1.82, 2.24) is 9.78 Å². The summed E-state index contributed by atoms with van der Waals surface area (Å²) in [4.78, 5) is 0. The molecular weight excluding hydrogens is 246 g/mol. The molecule has 1 heterocycles. The molecule has 1 atom stereocenters. The highest BCUT2D eigenvalue weighted by Gasteiger charge is 2.26. The Kier molecular flexibility index (Phi) is 3.88. The van der Waals surface area contributed by atoms with E-state index in [1.165, 1.54) is 25.7 Å². The maximum atomic E-state index is 6.43. The van der Waals surface area contributed by atoms with E-state index in [-0.39, 0.29) is 6.04 Å². The van der Waals surface area contributed by atoms with Crippen molar-refractivity contribution in [1.29, 1.82) is 0 Å². The highest BCUT2D eigenvalue weighted by atomic mass is 15.3. The fourth-order valence-electron chi connectivity index (χ4n) is 3.13. The van der Waals surface area contributed by atoms with Crippen LogP contribution in [0.2, 0.25) is 0 Å². The number of rotatable bonds is 3. The average Bonchev–Trinajstić information content (AvgIpc) is 2.98. The number of nitrogens with two attached hydrogens (primary N) is 1. The van der Waals surface area contributed by atoms with Gasteiger partial charge in [0.25, 0.3) is 0 Å². The summed E-state index contributed by atoms with van der Waals surface area (Å²) in [6.07, 6.45) is 7.09. The van der Waals surface area contributed by atoms with E-state index in [2.05, 4.69) is 30.2 Å². The Morgan fingerprint density at radius 2 is 1.80 bits per heavy atom. The van der Waals surface area contributed by atoms with Gasteiger partial charge in [0.2, 0.25) is 0 Å². The van der Waals surface area contributed by atoms with Gasteiger partial charge in [-0.3, -0.25) is 0 Å². The Balaban J connectivity index is 1.73. The van der Waals surface area contributed by atoms with Crippen molar-refractivity contribution < 1.29 is 0 Å². The first-order valence-corrected chi connectivity index (χ1v) is 7.60. The lowest BCUT2D eigenvalue weighted by Crippen LogP contribution is -2.26. The van der Waals surface area contributed by atoms with E-state index in [0.29, 0.717) is 5.92 Å². The molecule has 1 saturated carbocycles. The van der Waals surface area contributed by atoms with Gasteiger partial charge in [0, 0.05) is 6.20 Å². The van der Waals surface area contributed by atoms with E-state index in [0.717, 1.165) is 17.3 Å². The van der Waals surface area contributed by atoms with Crippen LogP contribution in [0.3, 0.4) is 0 Å². The van der Waals surface area contributed by atoms with Crippen LogP contribution in [-0.2, 0) is 0 Å². The summed E-state index contributed by atoms with van der Waals surface area (Å²) in [6.45, 7) is 2.34. The maximum Gasteiger partial charge on any atom is 0.0799 e. The van der Waals surface area contributed by atoms with Crippen LogP contribution in [0.25, 0.3) is 5.69 Å². The van der Waals surface area contributed by atoms with Crippen LogP contribution in [-0.4, -0.2) is 9.78 Å². The monoisotopic (exact) mass is 269 g/mol. The van der Waals surface area contributed by atoms with Crippen molar-refractivity contribution in [2.75, 3.05) is 0 Å². The van der Waals surface area contributed by atoms with Crippen molar-refractivity contribution in [3.63, 3.8) is 0 Å². The molecule has 2 aromatic rings. The third-order valence-corrected chi connectivity index (χ3v) is 4.54. The molecule has 3 nitrogen and oxygen atoms in total. The van der Waals surface area contributed by atoms with Crippen molar-refractivity contribution in [3.05, 3.63) is 48.3 Å². The topological polar surface area (TPSA) is 43.8 Å². The summed E-state index contributed by atoms with van der Waals surface area (Å²) in [5.74, 6) is 1.45. The van der Waals surface area contributed by atoms with Crippen LogP contribution in [0.5, 0.6) is 0 Å². The minimum Gasteiger partial charge on any atom is -0.322 e. The predicted octanol–water partition coefficient (Wildman–Crippen LogP) is 3.70. The van der Waals surface area contributed by atoms with Crippen molar-refractivity contribution >= 4 is 0 Å². The first-order chi connectivity index (χ1) is 9.74. The fraction of sp³-hybridized carbons (Fsp3) is 0.471. The summed E-state index contributed by atoms with van der Waals surface area (Å²) >= 11 is 0. The molecule has 3 heteroatoms. The van der Waals surface area contributed by atoms with Gasteiger partial charge in [-0.2, -0.15) is 5.10 Å². The van der Waals surface area contributed by atoms with Crippen LogP contribution >= 0.6 is 0 Å². The van der Waals surface area contributed by atoms with E-state index >= 15 is 0 Å². The van der Waals surface area contributed by atoms with E-state index in [4.69, 9.17) is 5.73 Å². The molecule has 1 aromatic heterocycles. The van der Waals surface area contributed by atoms with Gasteiger partial charge in [-0.1, -0.05) is 38.0 Å². The van der Waals surface area contributed by atoms with Crippen LogP contribution in [0, 0.1) is 11.8 Å². The lowest BCUT2D eigenvalue weighted by atomic mass is 9.79. The summed E-state index contributed by atoms with van der Waals surface area (Å²) < 4.78 is 1.92. The lowest BCUT2D eigenvalue weighted by Gasteiger charge is -2.29. The molecule has 106 valence electrons. The number of hydrogen-bond acceptors (Lipinski definition) is 2. The Morgan fingerprint density at radius 1 is 1.10 bits per heavy atom. The molecule has 1 aliphatic carbocycles. The minimum absolute atomic E-state index is 0.0764. The summed E-state index contributed by atoms with van der Waals surface area (Å²) in [6, 6.07) is 12.3. The number of hydrogen-bond donors (Lipinski definition) is 1. The Hall–Kier alpha value is -1.61. The van der Waals surface area contributed by atoms with E-state index in [1.54, 1.807) is 0 Å². The molecule has 1 unspecified atom stereocenters. The van der Waals surface area contributed by atoms with Crippen LogP contribution < -0.4 is 5.73 Å². The second-order valence-electron chi connectivity index (χ2n) is 6.07. The molecule has 0 bridgehead atoms. The highest BCUT2D eigenvalue weighted by molar-refractivity contribution is 5.30. The van der Waals surface area contributed by atoms with E-state index < -0.39 is 0 Å². The molecule has 0 amide bonds. The normalized spacial score (nSPS) is 24.5. The van der Waals surface area contributed by atoms with Crippen molar-refractivity contribution in [3.8, 4) is 5.69 Å². The second kappa shape index (κ2) is 5.80. The molecule has 1 aliphatic rings. The highest BCUT2D eigenvalue weighted by Crippen LogP contribution is 2.35. The quantitative estimate of drug-likeness (QED) is 0.923. The second-order valence-corrected chi connectivity index (χ2v) is 6.07. The number of aromatic nitrogens is 2. The molecule has 1 fully saturated rings. The molecule has 2 N–H and O–H groups in total. The lowest BCUT2D eigenvalue weighted by molar-refractivity contribution is 0.253. The zero-order valence-corrected chi connectivity index (χ0v) is 12.1. The minimum atomic E-state index is 0.0764. The molecule has 1 aromatic carbocycles. The zero-order valence-electron chi connectivity index (χ0n) is 12.1. The first-order valence-electron chi connectivity index (χ1n) is 7.60. The first kappa shape index (κ1) is 13.4. The summed E-state index contributed by atoms with van der Waals surface area (Å²) in [5, 5.41) is 4.67. The van der Waals surface area contributed by atoms with Gasteiger partial charge >= 0.3 is 0 Å². The van der Waals surface area contributed by atoms with Crippen LogP contribution in [0.15, 0.2) is 42.6 Å². The third kappa shape index (κ3) is 2.78. The number of nitrogens with zero attached hydrogens (tertiary/aromatic N) is 2. The SMILES string of the molecule is CC1CCC(C(N)c2ccn(-c3ccccc3)n2)CC1. The number of benzene rings is 1. The fourth-order valence-corrected chi connectivity index (χ4v) is 3.13. The molecule has 0 radical (unpaired) electrons. The van der Waals surface area contributed by atoms with E-state index in [9.17, 15) is 0 Å². The van der Waals surface area contributed by atoms with Gasteiger partial charge in [0.15, 0.2) is 0 Å². The molecule has 0 spiro atoms. The Bertz CT molecular complexity index is 538. The summed E-state index contributed by atoms with van der Waals surface area (Å²) in [7, 11) is 0. The van der Waals surface area contributed by atoms with Crippen LogP contribution in [0.1, 0.15) is 44.3 Å². The van der Waals surface area contributed by atoms with E-state index in [1.807, 2.05) is 29.1 Å². The molecule has 0 aliphatic heterocycles. The van der Waals surface area contributed by atoms with Gasteiger partial charge in [-0.05, 0) is 42.9 Å². The smallest absolute Gasteiger partial charge is 0.0799 e. The summed E-state index contributed by atoms with van der Waals surface area (Å²) in [5.41, 5.74) is 8.54. The predicted molar refractivity (Wildman–Crippen MR) is 81.6 cm³/mol. The molecule has 0 saturated heterocycles. The van der Waals surface area contributed by atoms with Gasteiger partial charge in [-0.15, -0.1) is 0 Å². The Morgan fingerprint density at radius 3 is 2.50 bits per heavy atom. The molecule has 3 rings (SSSR count).